The summed E-state index contributed by atoms with van der Waals surface area (Å²) in [5, 5.41) is 2.57. The first kappa shape index (κ1) is 14.8. The molecular formula is C14H17NO4. The third-order valence-electron chi connectivity index (χ3n) is 2.28. The average molecular weight is 263 g/mol. The van der Waals surface area contributed by atoms with Gasteiger partial charge in [-0.3, -0.25) is 0 Å². The zero-order valence-corrected chi connectivity index (χ0v) is 11.0. The van der Waals surface area contributed by atoms with E-state index in [0.717, 1.165) is 5.56 Å². The maximum Gasteiger partial charge on any atom is 0.407 e. The highest BCUT2D eigenvalue weighted by Crippen LogP contribution is 2.00. The van der Waals surface area contributed by atoms with Gasteiger partial charge in [0.05, 0.1) is 7.11 Å². The molecule has 0 bridgehead atoms. The second kappa shape index (κ2) is 7.92. The van der Waals surface area contributed by atoms with Crippen molar-refractivity contribution in [3.63, 3.8) is 0 Å². The van der Waals surface area contributed by atoms with E-state index in [0.29, 0.717) is 0 Å². The minimum absolute atomic E-state index is 0.208. The lowest BCUT2D eigenvalue weighted by atomic mass is 10.2. The normalized spacial score (nSPS) is 11.9. The molecule has 1 aromatic rings. The number of methoxy groups -OCH3 is 1. The number of carbonyl (C=O) groups excluding carboxylic acids is 2. The molecule has 0 aliphatic rings. The molecule has 5 heteroatoms. The molecule has 0 aromatic heterocycles. The monoisotopic (exact) mass is 263 g/mol. The van der Waals surface area contributed by atoms with Crippen molar-refractivity contribution in [3.05, 3.63) is 48.0 Å². The number of esters is 1. The van der Waals surface area contributed by atoms with Crippen molar-refractivity contribution in [2.75, 3.05) is 7.11 Å². The Labute approximate surface area is 112 Å². The summed E-state index contributed by atoms with van der Waals surface area (Å²) in [6.45, 7) is 1.93. The molecule has 0 spiro atoms. The Balaban J connectivity index is 2.31. The summed E-state index contributed by atoms with van der Waals surface area (Å²) in [4.78, 5) is 22.3. The summed E-state index contributed by atoms with van der Waals surface area (Å²) >= 11 is 0. The summed E-state index contributed by atoms with van der Waals surface area (Å²) in [5.74, 6) is -0.466. The second-order valence-corrected chi connectivity index (χ2v) is 3.88. The Morgan fingerprint density at radius 2 is 2.00 bits per heavy atom. The highest BCUT2D eigenvalue weighted by molar-refractivity contribution is 5.82. The van der Waals surface area contributed by atoms with Crippen LogP contribution < -0.4 is 5.32 Å². The van der Waals surface area contributed by atoms with Crippen LogP contribution in [-0.4, -0.2) is 25.2 Å². The topological polar surface area (TPSA) is 64.6 Å². The van der Waals surface area contributed by atoms with Gasteiger partial charge >= 0.3 is 12.1 Å². The molecule has 0 radical (unpaired) electrons. The number of hydrogen-bond acceptors (Lipinski definition) is 4. The van der Waals surface area contributed by atoms with Crippen LogP contribution in [0.15, 0.2) is 42.5 Å². The zero-order chi connectivity index (χ0) is 14.1. The van der Waals surface area contributed by atoms with Crippen LogP contribution in [0, 0.1) is 0 Å². The van der Waals surface area contributed by atoms with Crippen LogP contribution in [0.4, 0.5) is 4.79 Å². The maximum absolute atomic E-state index is 11.5. The Hall–Kier alpha value is -2.30. The average Bonchev–Trinajstić information content (AvgIpc) is 2.43. The number of alkyl carbamates (subject to hydrolysis) is 1. The molecule has 19 heavy (non-hydrogen) atoms. The van der Waals surface area contributed by atoms with E-state index in [2.05, 4.69) is 10.1 Å². The fraction of sp³-hybridized carbons (Fsp3) is 0.286. The predicted molar refractivity (Wildman–Crippen MR) is 70.4 cm³/mol. The van der Waals surface area contributed by atoms with E-state index in [1.54, 1.807) is 6.92 Å². The summed E-state index contributed by atoms with van der Waals surface area (Å²) in [6, 6.07) is 9.06. The minimum Gasteiger partial charge on any atom is -0.466 e. The smallest absolute Gasteiger partial charge is 0.407 e. The van der Waals surface area contributed by atoms with Crippen molar-refractivity contribution < 1.29 is 19.1 Å². The molecule has 0 saturated carbocycles. The van der Waals surface area contributed by atoms with E-state index >= 15 is 0 Å². The quantitative estimate of drug-likeness (QED) is 0.652. The second-order valence-electron chi connectivity index (χ2n) is 3.88. The molecule has 0 aliphatic heterocycles. The van der Waals surface area contributed by atoms with Crippen LogP contribution >= 0.6 is 0 Å². The minimum atomic E-state index is -0.536. The third kappa shape index (κ3) is 6.26. The maximum atomic E-state index is 11.5. The summed E-state index contributed by atoms with van der Waals surface area (Å²) in [7, 11) is 1.29. The van der Waals surface area contributed by atoms with Crippen molar-refractivity contribution in [2.45, 2.75) is 19.6 Å². The van der Waals surface area contributed by atoms with Gasteiger partial charge in [-0.25, -0.2) is 9.59 Å². The number of hydrogen-bond donors (Lipinski definition) is 1. The van der Waals surface area contributed by atoms with Gasteiger partial charge in [0, 0.05) is 12.1 Å². The molecule has 0 fully saturated rings. The number of ether oxygens (including phenoxy) is 2. The largest absolute Gasteiger partial charge is 0.466 e. The van der Waals surface area contributed by atoms with Gasteiger partial charge in [0.15, 0.2) is 0 Å². The molecule has 1 amide bonds. The van der Waals surface area contributed by atoms with E-state index in [4.69, 9.17) is 4.74 Å². The lowest BCUT2D eigenvalue weighted by molar-refractivity contribution is -0.134. The molecule has 0 unspecified atom stereocenters. The van der Waals surface area contributed by atoms with E-state index in [-0.39, 0.29) is 12.6 Å². The van der Waals surface area contributed by atoms with Gasteiger partial charge in [0.1, 0.15) is 6.61 Å². The number of amides is 1. The van der Waals surface area contributed by atoms with Crippen molar-refractivity contribution in [1.29, 1.82) is 0 Å². The Bertz CT molecular complexity index is 442. The number of rotatable bonds is 5. The van der Waals surface area contributed by atoms with Crippen LogP contribution in [0.2, 0.25) is 0 Å². The van der Waals surface area contributed by atoms with Gasteiger partial charge in [-0.15, -0.1) is 0 Å². The molecule has 1 atom stereocenters. The number of carbonyl (C=O) groups is 2. The van der Waals surface area contributed by atoms with Crippen LogP contribution in [0.5, 0.6) is 0 Å². The summed E-state index contributed by atoms with van der Waals surface area (Å²) in [5.41, 5.74) is 0.912. The number of benzene rings is 1. The lowest BCUT2D eigenvalue weighted by Crippen LogP contribution is -2.31. The highest BCUT2D eigenvalue weighted by atomic mass is 16.5. The molecule has 102 valence electrons. The van der Waals surface area contributed by atoms with Gasteiger partial charge < -0.3 is 14.8 Å². The van der Waals surface area contributed by atoms with E-state index < -0.39 is 12.1 Å². The Morgan fingerprint density at radius 1 is 1.32 bits per heavy atom. The molecule has 1 rings (SSSR count). The van der Waals surface area contributed by atoms with Crippen LogP contribution in [-0.2, 0) is 20.9 Å². The lowest BCUT2D eigenvalue weighted by Gasteiger charge is -2.10. The van der Waals surface area contributed by atoms with Crippen molar-refractivity contribution in [1.82, 2.24) is 5.32 Å². The zero-order valence-electron chi connectivity index (χ0n) is 11.0. The molecule has 0 aliphatic carbocycles. The van der Waals surface area contributed by atoms with Crippen molar-refractivity contribution in [2.24, 2.45) is 0 Å². The summed E-state index contributed by atoms with van der Waals surface area (Å²) in [6.07, 6.45) is 2.24. The van der Waals surface area contributed by atoms with Crippen LogP contribution in [0.1, 0.15) is 12.5 Å². The Kier molecular flexibility index (Phi) is 6.15. The van der Waals surface area contributed by atoms with Crippen LogP contribution in [0.25, 0.3) is 0 Å². The van der Waals surface area contributed by atoms with Gasteiger partial charge in [-0.1, -0.05) is 36.4 Å². The molecule has 0 saturated heterocycles. The van der Waals surface area contributed by atoms with Crippen molar-refractivity contribution >= 4 is 12.1 Å². The van der Waals surface area contributed by atoms with Gasteiger partial charge in [0.25, 0.3) is 0 Å². The molecule has 1 aromatic carbocycles. The SMILES string of the molecule is COC(=O)/C=C/[C@H](C)NC(=O)OCc1ccccc1. The van der Waals surface area contributed by atoms with E-state index in [1.807, 2.05) is 30.3 Å². The predicted octanol–water partition coefficient (Wildman–Crippen LogP) is 2.03. The van der Waals surface area contributed by atoms with Crippen LogP contribution in [0.3, 0.4) is 0 Å². The molecule has 0 heterocycles. The molecule has 5 nitrogen and oxygen atoms in total. The molecule has 1 N–H and O–H groups in total. The van der Waals surface area contributed by atoms with Gasteiger partial charge in [-0.2, -0.15) is 0 Å². The standard InChI is InChI=1S/C14H17NO4/c1-11(8-9-13(16)18-2)15-14(17)19-10-12-6-4-3-5-7-12/h3-9,11H,10H2,1-2H3,(H,15,17)/b9-8+/t11-/m0/s1. The first-order valence-electron chi connectivity index (χ1n) is 5.85. The molecular weight excluding hydrogens is 246 g/mol. The fourth-order valence-electron chi connectivity index (χ4n) is 1.29. The fourth-order valence-corrected chi connectivity index (χ4v) is 1.29. The first-order chi connectivity index (χ1) is 9.11. The van der Waals surface area contributed by atoms with Gasteiger partial charge in [-0.05, 0) is 12.5 Å². The number of nitrogens with one attached hydrogen (secondary N) is 1. The van der Waals surface area contributed by atoms with E-state index in [9.17, 15) is 9.59 Å². The highest BCUT2D eigenvalue weighted by Gasteiger charge is 2.06. The Morgan fingerprint density at radius 3 is 2.63 bits per heavy atom. The van der Waals surface area contributed by atoms with E-state index in [1.165, 1.54) is 19.3 Å². The van der Waals surface area contributed by atoms with Crippen molar-refractivity contribution in [3.8, 4) is 0 Å². The van der Waals surface area contributed by atoms with Gasteiger partial charge in [0.2, 0.25) is 0 Å². The summed E-state index contributed by atoms with van der Waals surface area (Å²) < 4.78 is 9.47. The first-order valence-corrected chi connectivity index (χ1v) is 5.85. The third-order valence-corrected chi connectivity index (χ3v) is 2.28.